The zero-order chi connectivity index (χ0) is 21.9. The summed E-state index contributed by atoms with van der Waals surface area (Å²) in [5, 5.41) is 19.8. The second-order valence-electron chi connectivity index (χ2n) is 8.46. The van der Waals surface area contributed by atoms with Crippen molar-refractivity contribution in [1.82, 2.24) is 14.9 Å². The van der Waals surface area contributed by atoms with Crippen molar-refractivity contribution in [3.05, 3.63) is 41.0 Å². The van der Waals surface area contributed by atoms with Crippen molar-refractivity contribution in [2.24, 2.45) is 5.73 Å². The molecule has 3 heterocycles. The van der Waals surface area contributed by atoms with Crippen LogP contribution in [-0.4, -0.2) is 69.2 Å². The maximum absolute atomic E-state index is 12.5. The van der Waals surface area contributed by atoms with Crippen molar-refractivity contribution in [1.29, 1.82) is 0 Å². The topological polar surface area (TPSA) is 151 Å². The summed E-state index contributed by atoms with van der Waals surface area (Å²) in [6, 6.07) is 2.74. The minimum absolute atomic E-state index is 0.0296. The first kappa shape index (κ1) is 19.9. The number of fused-ring (bicyclic) bond motifs is 3. The average molecular weight is 426 g/mol. The smallest absolute Gasteiger partial charge is 0.526 e. The maximum Gasteiger partial charge on any atom is 0.526 e. The molecule has 31 heavy (non-hydrogen) atoms. The number of benzene rings is 1. The van der Waals surface area contributed by atoms with Gasteiger partial charge in [0, 0.05) is 24.1 Å². The van der Waals surface area contributed by atoms with Crippen LogP contribution in [0.3, 0.4) is 0 Å². The van der Waals surface area contributed by atoms with Crippen LogP contribution in [0.2, 0.25) is 5.82 Å². The van der Waals surface area contributed by atoms with Crippen LogP contribution in [0, 0.1) is 6.92 Å². The molecule has 1 saturated heterocycles. The van der Waals surface area contributed by atoms with E-state index in [0.717, 1.165) is 23.5 Å². The number of rotatable bonds is 6. The van der Waals surface area contributed by atoms with E-state index in [1.54, 1.807) is 23.2 Å². The molecule has 10 nitrogen and oxygen atoms in total. The number of aromatic nitrogens is 2. The molecule has 2 aliphatic heterocycles. The molecule has 0 bridgehead atoms. The number of aromatic amines is 1. The van der Waals surface area contributed by atoms with Gasteiger partial charge in [-0.05, 0) is 30.9 Å². The van der Waals surface area contributed by atoms with Crippen molar-refractivity contribution in [3.8, 4) is 11.5 Å². The van der Waals surface area contributed by atoms with Gasteiger partial charge in [-0.2, -0.15) is 0 Å². The number of carboxylic acids is 1. The Bertz CT molecular complexity index is 1050. The molecule has 3 aliphatic rings. The van der Waals surface area contributed by atoms with Gasteiger partial charge in [-0.3, -0.25) is 4.79 Å². The zero-order valence-corrected chi connectivity index (χ0v) is 16.9. The number of hydrogen-bond acceptors (Lipinski definition) is 7. The number of nitrogens with one attached hydrogen (secondary N) is 1. The summed E-state index contributed by atoms with van der Waals surface area (Å²) in [7, 11) is -0.997. The largest absolute Gasteiger partial charge is 0.535 e. The monoisotopic (exact) mass is 426 g/mol. The molecule has 1 aromatic carbocycles. The first-order chi connectivity index (χ1) is 14.8. The molecule has 11 heteroatoms. The van der Waals surface area contributed by atoms with Gasteiger partial charge in [0.25, 0.3) is 0 Å². The number of ether oxygens (including phenoxy) is 1. The van der Waals surface area contributed by atoms with Crippen LogP contribution in [0.15, 0.2) is 18.3 Å². The summed E-state index contributed by atoms with van der Waals surface area (Å²) in [5.74, 6) is -0.0957. The Kier molecular flexibility index (Phi) is 4.67. The van der Waals surface area contributed by atoms with E-state index in [9.17, 15) is 19.7 Å². The second-order valence-corrected chi connectivity index (χ2v) is 8.46. The molecule has 1 saturated carbocycles. The van der Waals surface area contributed by atoms with Crippen molar-refractivity contribution < 1.29 is 29.1 Å². The Balaban J connectivity index is 1.23. The number of carbonyl (C=O) groups excluding carboxylic acids is 1. The van der Waals surface area contributed by atoms with E-state index in [1.165, 1.54) is 0 Å². The molecule has 1 aliphatic carbocycles. The standard InChI is InChI=1S/C20H23BN4O6/c1-9-23-6-10(24-9)4-15(22)19(26)25-7-11(8-25)30-16-3-2-12-13-5-14(13)21(29)31-18(12)17(16)20(27)28/h2-3,6,11,13-15,29H,4-5,7-8,22H2,1H3,(H,23,24)(H,27,28)/t13-,14-,15-/m0/s1. The van der Waals surface area contributed by atoms with Crippen LogP contribution in [0.4, 0.5) is 0 Å². The lowest BCUT2D eigenvalue weighted by Gasteiger charge is -2.40. The number of aromatic carboxylic acids is 1. The molecule has 5 rings (SSSR count). The number of carbonyl (C=O) groups is 2. The lowest BCUT2D eigenvalue weighted by molar-refractivity contribution is -0.141. The lowest BCUT2D eigenvalue weighted by atomic mass is 9.77. The number of carboxylic acid groups (broad SMARTS) is 1. The van der Waals surface area contributed by atoms with Gasteiger partial charge in [0.05, 0.1) is 19.1 Å². The molecule has 1 aromatic heterocycles. The van der Waals surface area contributed by atoms with E-state index in [4.69, 9.17) is 15.1 Å². The van der Waals surface area contributed by atoms with E-state index in [2.05, 4.69) is 9.97 Å². The fourth-order valence-electron chi connectivity index (χ4n) is 4.40. The second kappa shape index (κ2) is 7.28. The molecule has 2 aromatic rings. The number of aryl methyl sites for hydroxylation is 1. The summed E-state index contributed by atoms with van der Waals surface area (Å²) in [4.78, 5) is 33.2. The van der Waals surface area contributed by atoms with Gasteiger partial charge in [-0.1, -0.05) is 6.07 Å². The van der Waals surface area contributed by atoms with Crippen LogP contribution < -0.4 is 15.1 Å². The number of nitrogens with two attached hydrogens (primary N) is 1. The molecule has 0 unspecified atom stereocenters. The molecule has 0 spiro atoms. The highest BCUT2D eigenvalue weighted by atomic mass is 16.5. The van der Waals surface area contributed by atoms with Crippen molar-refractivity contribution >= 4 is 19.0 Å². The Morgan fingerprint density at radius 2 is 2.23 bits per heavy atom. The molecule has 2 fully saturated rings. The minimum Gasteiger partial charge on any atom is -0.535 e. The Morgan fingerprint density at radius 3 is 2.90 bits per heavy atom. The third kappa shape index (κ3) is 3.53. The van der Waals surface area contributed by atoms with Gasteiger partial charge < -0.3 is 35.1 Å². The van der Waals surface area contributed by atoms with Crippen LogP contribution >= 0.6 is 0 Å². The summed E-state index contributed by atoms with van der Waals surface area (Å²) in [6.07, 6.45) is 2.46. The zero-order valence-electron chi connectivity index (χ0n) is 16.9. The van der Waals surface area contributed by atoms with Gasteiger partial charge in [0.1, 0.15) is 29.0 Å². The summed E-state index contributed by atoms with van der Waals surface area (Å²) in [5.41, 5.74) is 7.55. The van der Waals surface area contributed by atoms with Crippen LogP contribution in [0.1, 0.15) is 39.8 Å². The fourth-order valence-corrected chi connectivity index (χ4v) is 4.40. The normalized spacial score (nSPS) is 22.7. The van der Waals surface area contributed by atoms with E-state index in [-0.39, 0.29) is 40.8 Å². The number of imidazole rings is 1. The van der Waals surface area contributed by atoms with Crippen LogP contribution in [-0.2, 0) is 11.2 Å². The van der Waals surface area contributed by atoms with Crippen molar-refractivity contribution in [3.63, 3.8) is 0 Å². The number of likely N-dealkylation sites (tertiary alicyclic amines) is 1. The van der Waals surface area contributed by atoms with Gasteiger partial charge in [0.15, 0.2) is 0 Å². The SMILES string of the molecule is Cc1ncc(C[C@H](N)C(=O)N2CC(Oc3ccc4c(c3C(=O)O)OB(O)[C@H]3C[C@@H]43)C2)[nH]1. The first-order valence-electron chi connectivity index (χ1n) is 10.3. The van der Waals surface area contributed by atoms with E-state index in [0.29, 0.717) is 19.5 Å². The third-order valence-corrected chi connectivity index (χ3v) is 6.17. The lowest BCUT2D eigenvalue weighted by Crippen LogP contribution is -2.60. The number of nitrogens with zero attached hydrogens (tertiary/aromatic N) is 2. The van der Waals surface area contributed by atoms with Gasteiger partial charge in [0.2, 0.25) is 5.91 Å². The van der Waals surface area contributed by atoms with Crippen molar-refractivity contribution in [2.45, 2.75) is 43.6 Å². The third-order valence-electron chi connectivity index (χ3n) is 6.17. The van der Waals surface area contributed by atoms with Crippen LogP contribution in [0.5, 0.6) is 11.5 Å². The predicted octanol–water partition coefficient (Wildman–Crippen LogP) is 0.306. The highest BCUT2D eigenvalue weighted by Gasteiger charge is 2.54. The quantitative estimate of drug-likeness (QED) is 0.482. The number of hydrogen-bond donors (Lipinski definition) is 4. The van der Waals surface area contributed by atoms with Gasteiger partial charge in [-0.15, -0.1) is 0 Å². The molecular formula is C20H23BN4O6. The fraction of sp³-hybridized carbons (Fsp3) is 0.450. The summed E-state index contributed by atoms with van der Waals surface area (Å²) >= 11 is 0. The highest BCUT2D eigenvalue weighted by molar-refractivity contribution is 6.48. The Hall–Kier alpha value is -3.05. The van der Waals surface area contributed by atoms with Crippen LogP contribution in [0.25, 0.3) is 0 Å². The molecule has 162 valence electrons. The van der Waals surface area contributed by atoms with E-state index in [1.807, 2.05) is 6.92 Å². The predicted molar refractivity (Wildman–Crippen MR) is 109 cm³/mol. The molecule has 5 N–H and O–H groups in total. The molecule has 0 radical (unpaired) electrons. The van der Waals surface area contributed by atoms with E-state index < -0.39 is 19.1 Å². The van der Waals surface area contributed by atoms with E-state index >= 15 is 0 Å². The van der Waals surface area contributed by atoms with Gasteiger partial charge in [-0.25, -0.2) is 9.78 Å². The maximum atomic E-state index is 12.5. The number of amides is 1. The molecule has 1 amide bonds. The van der Waals surface area contributed by atoms with Gasteiger partial charge >= 0.3 is 13.1 Å². The minimum atomic E-state index is -1.18. The summed E-state index contributed by atoms with van der Waals surface area (Å²) in [6.45, 7) is 2.47. The summed E-state index contributed by atoms with van der Waals surface area (Å²) < 4.78 is 11.4. The molecule has 3 atom stereocenters. The average Bonchev–Trinajstić information content (AvgIpc) is 3.40. The first-order valence-corrected chi connectivity index (χ1v) is 10.3. The molecular weight excluding hydrogens is 403 g/mol. The Labute approximate surface area is 178 Å². The number of H-pyrrole nitrogens is 1. The Morgan fingerprint density at radius 1 is 1.45 bits per heavy atom. The highest BCUT2D eigenvalue weighted by Crippen LogP contribution is 2.60. The van der Waals surface area contributed by atoms with Crippen molar-refractivity contribution in [2.75, 3.05) is 13.1 Å².